The summed E-state index contributed by atoms with van der Waals surface area (Å²) in [5.74, 6) is 1.46. The first-order chi connectivity index (χ1) is 15.5. The molecule has 2 heterocycles. The normalized spacial score (nSPS) is 25.9. The van der Waals surface area contributed by atoms with E-state index in [9.17, 15) is 4.79 Å². The predicted molar refractivity (Wildman–Crippen MR) is 136 cm³/mol. The number of rotatable bonds is 7. The van der Waals surface area contributed by atoms with Crippen molar-refractivity contribution in [2.75, 3.05) is 26.7 Å². The van der Waals surface area contributed by atoms with Crippen molar-refractivity contribution in [1.29, 1.82) is 0 Å². The average Bonchev–Trinajstić information content (AvgIpc) is 3.23. The fourth-order valence-corrected chi connectivity index (χ4v) is 6.78. The number of piperidine rings is 1. The van der Waals surface area contributed by atoms with Crippen LogP contribution in [0.1, 0.15) is 36.1 Å². The fourth-order valence-electron chi connectivity index (χ4n) is 5.44. The molecule has 1 N–H and O–H groups in total. The molecule has 1 aromatic heterocycles. The zero-order valence-corrected chi connectivity index (χ0v) is 21.0. The Bertz CT molecular complexity index is 988. The van der Waals surface area contributed by atoms with Crippen LogP contribution in [0, 0.1) is 5.92 Å². The van der Waals surface area contributed by atoms with Gasteiger partial charge in [0.15, 0.2) is 0 Å². The number of halogens is 1. The van der Waals surface area contributed by atoms with E-state index in [0.29, 0.717) is 5.92 Å². The lowest BCUT2D eigenvalue weighted by Gasteiger charge is -2.53. The molecule has 1 aliphatic carbocycles. The highest BCUT2D eigenvalue weighted by atomic mass is 79.9. The number of nitrogens with one attached hydrogen (secondary N) is 1. The maximum absolute atomic E-state index is 12.7. The monoisotopic (exact) mass is 514 g/mol. The van der Waals surface area contributed by atoms with Crippen LogP contribution in [0.4, 0.5) is 0 Å². The number of benzene rings is 1. The number of methoxy groups -OCH3 is 1. The number of amides is 1. The van der Waals surface area contributed by atoms with E-state index in [1.807, 2.05) is 29.7 Å². The Hall–Kier alpha value is -1.89. The maximum Gasteiger partial charge on any atom is 0.244 e. The minimum absolute atomic E-state index is 0.0112. The summed E-state index contributed by atoms with van der Waals surface area (Å²) in [5, 5.41) is 5.32. The molecule has 3 atom stereocenters. The van der Waals surface area contributed by atoms with E-state index in [4.69, 9.17) is 4.74 Å². The van der Waals surface area contributed by atoms with Gasteiger partial charge in [0.25, 0.3) is 0 Å². The van der Waals surface area contributed by atoms with Gasteiger partial charge in [-0.15, -0.1) is 17.9 Å². The summed E-state index contributed by atoms with van der Waals surface area (Å²) in [6.07, 6.45) is 9.74. The van der Waals surface area contributed by atoms with E-state index in [1.165, 1.54) is 5.56 Å². The standard InChI is InChI=1S/C26H31BrN2O2S/c1-3-12-29-13-11-26(19-5-4-6-23(14-19)31-2)16-22(8-7-20(26)17-29)28-25(30)10-9-24-15-21(27)18-32-24/h3-6,9-10,14-15,18,20,22H,1,7-8,11-13,16-17H2,2H3,(H,28,30)/b10-9+/t20-,22+,26+/m1/s1. The van der Waals surface area contributed by atoms with Gasteiger partial charge in [-0.3, -0.25) is 9.69 Å². The topological polar surface area (TPSA) is 41.6 Å². The molecule has 32 heavy (non-hydrogen) atoms. The van der Waals surface area contributed by atoms with Crippen molar-refractivity contribution in [3.05, 3.63) is 69.4 Å². The quantitative estimate of drug-likeness (QED) is 0.383. The van der Waals surface area contributed by atoms with Crippen LogP contribution in [0.5, 0.6) is 5.75 Å². The van der Waals surface area contributed by atoms with Crippen molar-refractivity contribution in [1.82, 2.24) is 10.2 Å². The number of carbonyl (C=O) groups is 1. The minimum atomic E-state index is -0.0112. The molecule has 0 bridgehead atoms. The van der Waals surface area contributed by atoms with Crippen LogP contribution in [-0.4, -0.2) is 43.6 Å². The molecule has 0 unspecified atom stereocenters. The van der Waals surface area contributed by atoms with Gasteiger partial charge in [0.2, 0.25) is 5.91 Å². The van der Waals surface area contributed by atoms with Crippen molar-refractivity contribution in [3.63, 3.8) is 0 Å². The van der Waals surface area contributed by atoms with Gasteiger partial charge < -0.3 is 10.1 Å². The molecule has 0 radical (unpaired) electrons. The maximum atomic E-state index is 12.7. The van der Waals surface area contributed by atoms with Gasteiger partial charge in [-0.25, -0.2) is 0 Å². The zero-order valence-electron chi connectivity index (χ0n) is 18.6. The molecule has 1 saturated carbocycles. The summed E-state index contributed by atoms with van der Waals surface area (Å²) in [6.45, 7) is 7.00. The largest absolute Gasteiger partial charge is 0.497 e. The Morgan fingerprint density at radius 2 is 2.28 bits per heavy atom. The van der Waals surface area contributed by atoms with Crippen molar-refractivity contribution in [2.24, 2.45) is 5.92 Å². The number of nitrogens with zero attached hydrogens (tertiary/aromatic N) is 1. The highest BCUT2D eigenvalue weighted by Gasteiger charge is 2.48. The van der Waals surface area contributed by atoms with Gasteiger partial charge in [-0.2, -0.15) is 0 Å². The Morgan fingerprint density at radius 3 is 3.03 bits per heavy atom. The highest BCUT2D eigenvalue weighted by molar-refractivity contribution is 9.10. The third-order valence-electron chi connectivity index (χ3n) is 6.97. The fraction of sp³-hybridized carbons (Fsp3) is 0.423. The molecule has 1 aliphatic heterocycles. The molecule has 4 rings (SSSR count). The van der Waals surface area contributed by atoms with Gasteiger partial charge in [-0.05, 0) is 83.9 Å². The lowest BCUT2D eigenvalue weighted by molar-refractivity contribution is -0.117. The van der Waals surface area contributed by atoms with Crippen LogP contribution in [0.3, 0.4) is 0 Å². The van der Waals surface area contributed by atoms with Gasteiger partial charge in [0, 0.05) is 45.4 Å². The molecular weight excluding hydrogens is 484 g/mol. The minimum Gasteiger partial charge on any atom is -0.497 e. The zero-order chi connectivity index (χ0) is 22.6. The molecule has 2 aliphatic rings. The van der Waals surface area contributed by atoms with Crippen LogP contribution in [0.15, 0.2) is 58.9 Å². The first-order valence-electron chi connectivity index (χ1n) is 11.2. The van der Waals surface area contributed by atoms with Gasteiger partial charge >= 0.3 is 0 Å². The van der Waals surface area contributed by atoms with Crippen molar-refractivity contribution >= 4 is 39.2 Å². The van der Waals surface area contributed by atoms with Crippen LogP contribution in [0.2, 0.25) is 0 Å². The average molecular weight is 516 g/mol. The Kier molecular flexibility index (Phi) is 7.54. The van der Waals surface area contributed by atoms with Crippen LogP contribution in [-0.2, 0) is 10.2 Å². The number of carbonyl (C=O) groups excluding carboxylic acids is 1. The van der Waals surface area contributed by atoms with E-state index in [-0.39, 0.29) is 17.4 Å². The summed E-state index contributed by atoms with van der Waals surface area (Å²) in [6, 6.07) is 10.8. The van der Waals surface area contributed by atoms with Crippen molar-refractivity contribution < 1.29 is 9.53 Å². The number of fused-ring (bicyclic) bond motifs is 1. The molecule has 0 spiro atoms. The lowest BCUT2D eigenvalue weighted by Crippen LogP contribution is -2.56. The van der Waals surface area contributed by atoms with E-state index in [2.05, 4.69) is 50.9 Å². The van der Waals surface area contributed by atoms with Gasteiger partial charge in [0.05, 0.1) is 7.11 Å². The Balaban J connectivity index is 1.52. The molecule has 1 saturated heterocycles. The Labute approximate surface area is 203 Å². The molecule has 1 aromatic carbocycles. The highest BCUT2D eigenvalue weighted by Crippen LogP contribution is 2.49. The summed E-state index contributed by atoms with van der Waals surface area (Å²) in [7, 11) is 1.73. The first kappa shape index (κ1) is 23.3. The number of hydrogen-bond acceptors (Lipinski definition) is 4. The second-order valence-corrected chi connectivity index (χ2v) is 10.7. The smallest absolute Gasteiger partial charge is 0.244 e. The number of hydrogen-bond donors (Lipinski definition) is 1. The Morgan fingerprint density at radius 1 is 1.41 bits per heavy atom. The molecular formula is C26H31BrN2O2S. The van der Waals surface area contributed by atoms with E-state index < -0.39 is 0 Å². The SMILES string of the molecule is C=CCN1CC[C@@]2(c3cccc(OC)c3)C[C@@H](NC(=O)/C=C/c3cc(Br)cs3)CC[C@@H]2C1. The van der Waals surface area contributed by atoms with Crippen LogP contribution in [0.25, 0.3) is 6.08 Å². The van der Waals surface area contributed by atoms with Gasteiger partial charge in [0.1, 0.15) is 5.75 Å². The van der Waals surface area contributed by atoms with E-state index >= 15 is 0 Å². The molecule has 170 valence electrons. The molecule has 2 aromatic rings. The second-order valence-electron chi connectivity index (χ2n) is 8.87. The third-order valence-corrected chi connectivity index (χ3v) is 8.63. The molecule has 1 amide bonds. The summed E-state index contributed by atoms with van der Waals surface area (Å²) in [4.78, 5) is 16.3. The van der Waals surface area contributed by atoms with E-state index in [0.717, 1.165) is 60.4 Å². The summed E-state index contributed by atoms with van der Waals surface area (Å²) in [5.41, 5.74) is 1.41. The summed E-state index contributed by atoms with van der Waals surface area (Å²) >= 11 is 5.08. The third kappa shape index (κ3) is 5.19. The number of ether oxygens (including phenoxy) is 1. The molecule has 6 heteroatoms. The predicted octanol–water partition coefficient (Wildman–Crippen LogP) is 5.65. The lowest BCUT2D eigenvalue weighted by atomic mass is 9.58. The van der Waals surface area contributed by atoms with E-state index in [1.54, 1.807) is 24.5 Å². The first-order valence-corrected chi connectivity index (χ1v) is 12.9. The van der Waals surface area contributed by atoms with Crippen molar-refractivity contribution in [2.45, 2.75) is 37.1 Å². The van der Waals surface area contributed by atoms with Crippen LogP contribution >= 0.6 is 27.3 Å². The number of thiophene rings is 1. The molecule has 2 fully saturated rings. The van der Waals surface area contributed by atoms with Crippen molar-refractivity contribution in [3.8, 4) is 5.75 Å². The van der Waals surface area contributed by atoms with Crippen LogP contribution < -0.4 is 10.1 Å². The summed E-state index contributed by atoms with van der Waals surface area (Å²) < 4.78 is 6.59. The second kappa shape index (κ2) is 10.4. The molecule has 4 nitrogen and oxygen atoms in total. The van der Waals surface area contributed by atoms with Gasteiger partial charge in [-0.1, -0.05) is 18.2 Å². The number of likely N-dealkylation sites (tertiary alicyclic amines) is 1.